The van der Waals surface area contributed by atoms with E-state index < -0.39 is 0 Å². The van der Waals surface area contributed by atoms with Crippen molar-refractivity contribution in [1.82, 2.24) is 9.88 Å². The second kappa shape index (κ2) is 8.97. The summed E-state index contributed by atoms with van der Waals surface area (Å²) in [6.07, 6.45) is 0. The number of methoxy groups -OCH3 is 1. The number of halogens is 1. The molecule has 2 amide bonds. The summed E-state index contributed by atoms with van der Waals surface area (Å²) < 4.78 is 11.8. The summed E-state index contributed by atoms with van der Waals surface area (Å²) in [5, 5.41) is 4.51. The number of amides is 2. The number of piperazine rings is 1. The average Bonchev–Trinajstić information content (AvgIpc) is 3.22. The summed E-state index contributed by atoms with van der Waals surface area (Å²) in [6.45, 7) is 5.19. The molecular weight excluding hydrogens is 424 g/mol. The van der Waals surface area contributed by atoms with Crippen molar-refractivity contribution in [3.63, 3.8) is 0 Å². The van der Waals surface area contributed by atoms with Crippen LogP contribution in [0.2, 0.25) is 5.02 Å². The third-order valence-corrected chi connectivity index (χ3v) is 6.50. The molecule has 0 radical (unpaired) electrons. The van der Waals surface area contributed by atoms with Crippen LogP contribution in [0.25, 0.3) is 10.2 Å². The number of nitrogens with one attached hydrogen (secondary N) is 1. The highest BCUT2D eigenvalue weighted by atomic mass is 35.5. The normalized spacial score (nSPS) is 14.1. The lowest BCUT2D eigenvalue weighted by Crippen LogP contribution is -2.50. The largest absolute Gasteiger partial charge is 0.494 e. The molecule has 30 heavy (non-hydrogen) atoms. The van der Waals surface area contributed by atoms with E-state index in [1.807, 2.05) is 48.2 Å². The molecule has 0 bridgehead atoms. The van der Waals surface area contributed by atoms with Crippen molar-refractivity contribution in [2.45, 2.75) is 6.92 Å². The van der Waals surface area contributed by atoms with Gasteiger partial charge in [-0.3, -0.25) is 0 Å². The second-order valence-corrected chi connectivity index (χ2v) is 8.17. The Kier molecular flexibility index (Phi) is 6.15. The topological polar surface area (TPSA) is 66.9 Å². The van der Waals surface area contributed by atoms with E-state index in [1.54, 1.807) is 18.4 Å². The minimum atomic E-state index is -0.104. The van der Waals surface area contributed by atoms with Gasteiger partial charge in [-0.05, 0) is 43.3 Å². The van der Waals surface area contributed by atoms with Crippen molar-refractivity contribution in [3.8, 4) is 11.5 Å². The van der Waals surface area contributed by atoms with Gasteiger partial charge in [0.05, 0.1) is 23.4 Å². The predicted molar refractivity (Wildman–Crippen MR) is 122 cm³/mol. The number of carbonyl (C=O) groups excluding carboxylic acids is 1. The molecule has 158 valence electrons. The van der Waals surface area contributed by atoms with Crippen LogP contribution in [0, 0.1) is 0 Å². The first kappa shape index (κ1) is 20.6. The standard InChI is InChI=1S/C21H23ClN4O3S/c1-3-29-15-6-4-14(5-7-15)23-20(27)25-10-12-26(13-11-25)21-24-18-17(28-2)9-8-16(22)19(18)30-21/h4-9H,3,10-13H2,1-2H3,(H,23,27). The highest BCUT2D eigenvalue weighted by Gasteiger charge is 2.24. The van der Waals surface area contributed by atoms with Crippen molar-refractivity contribution < 1.29 is 14.3 Å². The summed E-state index contributed by atoms with van der Waals surface area (Å²) in [5.41, 5.74) is 1.53. The zero-order valence-electron chi connectivity index (χ0n) is 16.9. The fraction of sp³-hybridized carbons (Fsp3) is 0.333. The van der Waals surface area contributed by atoms with E-state index >= 15 is 0 Å². The summed E-state index contributed by atoms with van der Waals surface area (Å²) in [7, 11) is 1.63. The Hall–Kier alpha value is -2.71. The van der Waals surface area contributed by atoms with Crippen LogP contribution in [0.1, 0.15) is 6.92 Å². The van der Waals surface area contributed by atoms with Crippen LogP contribution in [0.3, 0.4) is 0 Å². The lowest BCUT2D eigenvalue weighted by Gasteiger charge is -2.34. The molecule has 0 unspecified atom stereocenters. The monoisotopic (exact) mass is 446 g/mol. The van der Waals surface area contributed by atoms with Crippen LogP contribution >= 0.6 is 22.9 Å². The molecule has 0 spiro atoms. The maximum absolute atomic E-state index is 12.6. The molecule has 0 saturated carbocycles. The van der Waals surface area contributed by atoms with Gasteiger partial charge in [0.25, 0.3) is 0 Å². The molecule has 1 aliphatic heterocycles. The van der Waals surface area contributed by atoms with Crippen LogP contribution in [0.5, 0.6) is 11.5 Å². The number of aromatic nitrogens is 1. The zero-order valence-corrected chi connectivity index (χ0v) is 18.4. The van der Waals surface area contributed by atoms with Crippen LogP contribution in [0.15, 0.2) is 36.4 Å². The quantitative estimate of drug-likeness (QED) is 0.614. The van der Waals surface area contributed by atoms with E-state index in [9.17, 15) is 4.79 Å². The number of benzene rings is 2. The number of thiazole rings is 1. The highest BCUT2D eigenvalue weighted by molar-refractivity contribution is 7.22. The number of fused-ring (bicyclic) bond motifs is 1. The van der Waals surface area contributed by atoms with Crippen molar-refractivity contribution in [2.24, 2.45) is 0 Å². The van der Waals surface area contributed by atoms with Gasteiger partial charge < -0.3 is 24.6 Å². The molecule has 1 aliphatic rings. The number of urea groups is 1. The first-order valence-corrected chi connectivity index (χ1v) is 10.9. The number of anilines is 2. The molecule has 1 aromatic heterocycles. The molecule has 0 aliphatic carbocycles. The van der Waals surface area contributed by atoms with Gasteiger partial charge in [-0.1, -0.05) is 22.9 Å². The Balaban J connectivity index is 1.38. The fourth-order valence-electron chi connectivity index (χ4n) is 3.35. The molecule has 9 heteroatoms. The van der Waals surface area contributed by atoms with Crippen LogP contribution < -0.4 is 19.7 Å². The Labute approximate surface area is 184 Å². The number of hydrogen-bond donors (Lipinski definition) is 1. The van der Waals surface area contributed by atoms with Crippen LogP contribution in [-0.4, -0.2) is 55.8 Å². The maximum atomic E-state index is 12.6. The van der Waals surface area contributed by atoms with E-state index in [2.05, 4.69) is 10.2 Å². The van der Waals surface area contributed by atoms with E-state index in [-0.39, 0.29) is 6.03 Å². The SMILES string of the molecule is CCOc1ccc(NC(=O)N2CCN(c3nc4c(OC)ccc(Cl)c4s3)CC2)cc1. The van der Waals surface area contributed by atoms with Gasteiger partial charge >= 0.3 is 6.03 Å². The third-order valence-electron chi connectivity index (χ3n) is 4.92. The lowest BCUT2D eigenvalue weighted by molar-refractivity contribution is 0.208. The highest BCUT2D eigenvalue weighted by Crippen LogP contribution is 2.38. The minimum Gasteiger partial charge on any atom is -0.494 e. The smallest absolute Gasteiger partial charge is 0.321 e. The molecule has 1 fully saturated rings. The molecule has 2 aromatic carbocycles. The van der Waals surface area contributed by atoms with Crippen molar-refractivity contribution in [1.29, 1.82) is 0 Å². The van der Waals surface area contributed by atoms with Crippen molar-refractivity contribution >= 4 is 50.0 Å². The first-order chi connectivity index (χ1) is 14.6. The Morgan fingerprint density at radius 1 is 1.17 bits per heavy atom. The number of ether oxygens (including phenoxy) is 2. The van der Waals surface area contributed by atoms with E-state index in [1.165, 1.54) is 0 Å². The van der Waals surface area contributed by atoms with E-state index in [0.717, 1.165) is 26.8 Å². The maximum Gasteiger partial charge on any atom is 0.321 e. The molecule has 3 aromatic rings. The Morgan fingerprint density at radius 2 is 1.90 bits per heavy atom. The first-order valence-electron chi connectivity index (χ1n) is 9.76. The number of hydrogen-bond acceptors (Lipinski definition) is 6. The molecule has 7 nitrogen and oxygen atoms in total. The Morgan fingerprint density at radius 3 is 2.57 bits per heavy atom. The van der Waals surface area contributed by atoms with Crippen molar-refractivity contribution in [3.05, 3.63) is 41.4 Å². The molecule has 0 atom stereocenters. The predicted octanol–water partition coefficient (Wildman–Crippen LogP) is 4.71. The van der Waals surface area contributed by atoms with Gasteiger partial charge in [-0.2, -0.15) is 0 Å². The fourth-order valence-corrected chi connectivity index (χ4v) is 4.65. The molecular formula is C21H23ClN4O3S. The number of rotatable bonds is 5. The van der Waals surface area contributed by atoms with Gasteiger partial charge in [-0.25, -0.2) is 9.78 Å². The van der Waals surface area contributed by atoms with E-state index in [4.69, 9.17) is 26.1 Å². The van der Waals surface area contributed by atoms with Gasteiger partial charge in [-0.15, -0.1) is 0 Å². The number of carbonyl (C=O) groups is 1. The zero-order chi connectivity index (χ0) is 21.1. The third kappa shape index (κ3) is 4.24. The van der Waals surface area contributed by atoms with Gasteiger partial charge in [0.1, 0.15) is 17.0 Å². The summed E-state index contributed by atoms with van der Waals surface area (Å²) in [4.78, 5) is 21.3. The van der Waals surface area contributed by atoms with Gasteiger partial charge in [0.15, 0.2) is 5.13 Å². The van der Waals surface area contributed by atoms with Crippen molar-refractivity contribution in [2.75, 3.05) is 50.1 Å². The molecule has 1 saturated heterocycles. The second-order valence-electron chi connectivity index (χ2n) is 6.79. The molecule has 2 heterocycles. The van der Waals surface area contributed by atoms with Crippen LogP contribution in [0.4, 0.5) is 15.6 Å². The molecule has 1 N–H and O–H groups in total. The minimum absolute atomic E-state index is 0.104. The number of nitrogens with zero attached hydrogens (tertiary/aromatic N) is 3. The van der Waals surface area contributed by atoms with Gasteiger partial charge in [0.2, 0.25) is 0 Å². The summed E-state index contributed by atoms with van der Waals surface area (Å²) in [5.74, 6) is 1.50. The van der Waals surface area contributed by atoms with Crippen LogP contribution in [-0.2, 0) is 0 Å². The Bertz CT molecular complexity index is 1030. The van der Waals surface area contributed by atoms with E-state index in [0.29, 0.717) is 43.6 Å². The summed E-state index contributed by atoms with van der Waals surface area (Å²) in [6, 6.07) is 10.9. The van der Waals surface area contributed by atoms with Gasteiger partial charge in [0, 0.05) is 31.9 Å². The lowest BCUT2D eigenvalue weighted by atomic mass is 10.3. The average molecular weight is 447 g/mol. The molecule has 4 rings (SSSR count). The summed E-state index contributed by atoms with van der Waals surface area (Å²) >= 11 is 7.88.